The predicted molar refractivity (Wildman–Crippen MR) is 99.9 cm³/mol. The Morgan fingerprint density at radius 2 is 1.92 bits per heavy atom. The summed E-state index contributed by atoms with van der Waals surface area (Å²) in [5, 5.41) is 4.67. The van der Waals surface area contributed by atoms with E-state index in [9.17, 15) is 9.59 Å². The molecular formula is C19H24N2O3S. The lowest BCUT2D eigenvalue weighted by Crippen LogP contribution is -2.37. The minimum Gasteiger partial charge on any atom is -0.493 e. The maximum Gasteiger partial charge on any atom is 0.264 e. The molecule has 0 saturated carbocycles. The summed E-state index contributed by atoms with van der Waals surface area (Å²) in [6.45, 7) is 5.34. The second-order valence-electron chi connectivity index (χ2n) is 6.26. The maximum absolute atomic E-state index is 12.1. The van der Waals surface area contributed by atoms with Gasteiger partial charge in [0, 0.05) is 13.6 Å². The number of nitrogens with zero attached hydrogens (tertiary/aromatic N) is 1. The first-order valence-electron chi connectivity index (χ1n) is 8.23. The van der Waals surface area contributed by atoms with E-state index >= 15 is 0 Å². The molecule has 0 atom stereocenters. The Morgan fingerprint density at radius 1 is 1.20 bits per heavy atom. The van der Waals surface area contributed by atoms with Gasteiger partial charge in [-0.25, -0.2) is 0 Å². The number of thiophene rings is 1. The highest BCUT2D eigenvalue weighted by Crippen LogP contribution is 2.13. The van der Waals surface area contributed by atoms with Crippen LogP contribution in [-0.2, 0) is 11.3 Å². The molecular weight excluding hydrogens is 336 g/mol. The smallest absolute Gasteiger partial charge is 0.264 e. The van der Waals surface area contributed by atoms with Crippen molar-refractivity contribution in [3.63, 3.8) is 0 Å². The highest BCUT2D eigenvalue weighted by molar-refractivity contribution is 7.12. The van der Waals surface area contributed by atoms with E-state index in [4.69, 9.17) is 4.74 Å². The van der Waals surface area contributed by atoms with Gasteiger partial charge in [-0.05, 0) is 35.1 Å². The number of hydrogen-bond acceptors (Lipinski definition) is 4. The standard InChI is InChI=1S/C19H24N2O3S/c1-14(2)13-24-16-8-6-15(7-9-16)11-20-18(22)12-21(3)19(23)17-5-4-10-25-17/h4-10,14H,11-13H2,1-3H3,(H,20,22). The zero-order chi connectivity index (χ0) is 18.2. The summed E-state index contributed by atoms with van der Waals surface area (Å²) in [5.41, 5.74) is 0.984. The van der Waals surface area contributed by atoms with Crippen LogP contribution in [0.5, 0.6) is 5.75 Å². The lowest BCUT2D eigenvalue weighted by atomic mass is 10.2. The molecule has 134 valence electrons. The van der Waals surface area contributed by atoms with Crippen molar-refractivity contribution in [3.05, 3.63) is 52.2 Å². The molecule has 1 heterocycles. The normalized spacial score (nSPS) is 10.6. The number of rotatable bonds is 8. The number of amides is 2. The van der Waals surface area contributed by atoms with Gasteiger partial charge in [0.15, 0.2) is 0 Å². The molecule has 0 aliphatic rings. The van der Waals surface area contributed by atoms with Crippen molar-refractivity contribution in [2.24, 2.45) is 5.92 Å². The van der Waals surface area contributed by atoms with Gasteiger partial charge in [0.2, 0.25) is 5.91 Å². The predicted octanol–water partition coefficient (Wildman–Crippen LogP) is 3.17. The topological polar surface area (TPSA) is 58.6 Å². The first kappa shape index (κ1) is 19.0. The summed E-state index contributed by atoms with van der Waals surface area (Å²) >= 11 is 1.37. The molecule has 1 aromatic carbocycles. The van der Waals surface area contributed by atoms with Gasteiger partial charge in [-0.2, -0.15) is 0 Å². The second kappa shape index (κ2) is 9.22. The molecule has 25 heavy (non-hydrogen) atoms. The minimum absolute atomic E-state index is 0.0340. The van der Waals surface area contributed by atoms with E-state index in [2.05, 4.69) is 19.2 Å². The molecule has 2 aromatic rings. The molecule has 0 aliphatic carbocycles. The summed E-state index contributed by atoms with van der Waals surface area (Å²) < 4.78 is 5.63. The van der Waals surface area contributed by atoms with Crippen molar-refractivity contribution in [1.82, 2.24) is 10.2 Å². The van der Waals surface area contributed by atoms with Crippen molar-refractivity contribution in [1.29, 1.82) is 0 Å². The Kier molecular flexibility index (Phi) is 7.01. The number of nitrogens with one attached hydrogen (secondary N) is 1. The zero-order valence-corrected chi connectivity index (χ0v) is 15.6. The van der Waals surface area contributed by atoms with Crippen LogP contribution in [0.25, 0.3) is 0 Å². The molecule has 1 N–H and O–H groups in total. The van der Waals surface area contributed by atoms with Crippen LogP contribution in [0.15, 0.2) is 41.8 Å². The Bertz CT molecular complexity index is 681. The number of carbonyl (C=O) groups is 2. The van der Waals surface area contributed by atoms with Crippen LogP contribution in [-0.4, -0.2) is 36.9 Å². The van der Waals surface area contributed by atoms with E-state index < -0.39 is 0 Å². The lowest BCUT2D eigenvalue weighted by molar-refractivity contribution is -0.121. The summed E-state index contributed by atoms with van der Waals surface area (Å²) in [5.74, 6) is 0.974. The Hall–Kier alpha value is -2.34. The fraction of sp³-hybridized carbons (Fsp3) is 0.368. The van der Waals surface area contributed by atoms with Gasteiger partial charge in [0.25, 0.3) is 5.91 Å². The highest BCUT2D eigenvalue weighted by Gasteiger charge is 2.15. The van der Waals surface area contributed by atoms with E-state index in [1.165, 1.54) is 16.2 Å². The minimum atomic E-state index is -0.187. The van der Waals surface area contributed by atoms with Gasteiger partial charge in [-0.3, -0.25) is 9.59 Å². The molecule has 0 saturated heterocycles. The Morgan fingerprint density at radius 3 is 2.52 bits per heavy atom. The van der Waals surface area contributed by atoms with E-state index in [1.54, 1.807) is 13.1 Å². The average Bonchev–Trinajstić information content (AvgIpc) is 3.12. The van der Waals surface area contributed by atoms with Crippen LogP contribution < -0.4 is 10.1 Å². The van der Waals surface area contributed by atoms with Crippen molar-refractivity contribution >= 4 is 23.2 Å². The van der Waals surface area contributed by atoms with Crippen LogP contribution >= 0.6 is 11.3 Å². The molecule has 5 nitrogen and oxygen atoms in total. The molecule has 0 bridgehead atoms. The monoisotopic (exact) mass is 360 g/mol. The van der Waals surface area contributed by atoms with Crippen LogP contribution in [0.1, 0.15) is 29.1 Å². The number of ether oxygens (including phenoxy) is 1. The third kappa shape index (κ3) is 6.23. The maximum atomic E-state index is 12.1. The quantitative estimate of drug-likeness (QED) is 0.787. The van der Waals surface area contributed by atoms with Crippen LogP contribution in [0.3, 0.4) is 0 Å². The Labute approximate surface area is 152 Å². The molecule has 0 unspecified atom stereocenters. The van der Waals surface area contributed by atoms with Crippen LogP contribution in [0.2, 0.25) is 0 Å². The molecule has 6 heteroatoms. The lowest BCUT2D eigenvalue weighted by Gasteiger charge is -2.16. The largest absolute Gasteiger partial charge is 0.493 e. The molecule has 0 spiro atoms. The fourth-order valence-electron chi connectivity index (χ4n) is 2.10. The van der Waals surface area contributed by atoms with Crippen LogP contribution in [0.4, 0.5) is 0 Å². The Balaban J connectivity index is 1.76. The van der Waals surface area contributed by atoms with Crippen LogP contribution in [0, 0.1) is 5.92 Å². The first-order chi connectivity index (χ1) is 12.0. The van der Waals surface area contributed by atoms with E-state index in [-0.39, 0.29) is 18.4 Å². The third-order valence-electron chi connectivity index (χ3n) is 3.46. The van der Waals surface area contributed by atoms with Gasteiger partial charge in [0.05, 0.1) is 18.0 Å². The summed E-state index contributed by atoms with van der Waals surface area (Å²) in [6.07, 6.45) is 0. The molecule has 2 rings (SSSR count). The number of likely N-dealkylation sites (N-methyl/N-ethyl adjacent to an activating group) is 1. The fourth-order valence-corrected chi connectivity index (χ4v) is 2.82. The number of hydrogen-bond donors (Lipinski definition) is 1. The van der Waals surface area contributed by atoms with Crippen molar-refractivity contribution < 1.29 is 14.3 Å². The van der Waals surface area contributed by atoms with Gasteiger partial charge in [-0.1, -0.05) is 32.0 Å². The SMILES string of the molecule is CC(C)COc1ccc(CNC(=O)CN(C)C(=O)c2cccs2)cc1. The van der Waals surface area contributed by atoms with Gasteiger partial charge < -0.3 is 15.0 Å². The summed E-state index contributed by atoms with van der Waals surface area (Å²) in [7, 11) is 1.63. The van der Waals surface area contributed by atoms with Crippen molar-refractivity contribution in [2.45, 2.75) is 20.4 Å². The molecule has 2 amide bonds. The number of carbonyl (C=O) groups excluding carboxylic acids is 2. The van der Waals surface area contributed by atoms with Crippen molar-refractivity contribution in [3.8, 4) is 5.75 Å². The molecule has 1 aromatic heterocycles. The molecule has 0 fully saturated rings. The second-order valence-corrected chi connectivity index (χ2v) is 7.21. The van der Waals surface area contributed by atoms with Gasteiger partial charge in [-0.15, -0.1) is 11.3 Å². The molecule has 0 radical (unpaired) electrons. The highest BCUT2D eigenvalue weighted by atomic mass is 32.1. The zero-order valence-electron chi connectivity index (χ0n) is 14.8. The first-order valence-corrected chi connectivity index (χ1v) is 9.11. The van der Waals surface area contributed by atoms with E-state index in [0.717, 1.165) is 11.3 Å². The average molecular weight is 360 g/mol. The summed E-state index contributed by atoms with van der Waals surface area (Å²) in [6, 6.07) is 11.2. The van der Waals surface area contributed by atoms with Gasteiger partial charge >= 0.3 is 0 Å². The van der Waals surface area contributed by atoms with E-state index in [1.807, 2.05) is 35.7 Å². The number of benzene rings is 1. The summed E-state index contributed by atoms with van der Waals surface area (Å²) in [4.78, 5) is 26.2. The van der Waals surface area contributed by atoms with Crippen molar-refractivity contribution in [2.75, 3.05) is 20.2 Å². The third-order valence-corrected chi connectivity index (χ3v) is 4.31. The van der Waals surface area contributed by atoms with Gasteiger partial charge in [0.1, 0.15) is 5.75 Å². The van der Waals surface area contributed by atoms with E-state index in [0.29, 0.717) is 23.9 Å². The molecule has 0 aliphatic heterocycles.